The third kappa shape index (κ3) is 6.59. The Morgan fingerprint density at radius 2 is 1.78 bits per heavy atom. The molecule has 1 saturated heterocycles. The molecule has 214 valence electrons. The molecule has 10 heteroatoms. The van der Waals surface area contributed by atoms with Crippen LogP contribution in [0.25, 0.3) is 22.3 Å². The molecule has 1 amide bonds. The number of nitrogens with one attached hydrogen (secondary N) is 1. The van der Waals surface area contributed by atoms with Crippen LogP contribution >= 0.6 is 0 Å². The van der Waals surface area contributed by atoms with E-state index in [1.807, 2.05) is 30.5 Å². The number of carbonyl (C=O) groups excluding carboxylic acids is 1. The minimum absolute atomic E-state index is 0.0435. The second-order valence-electron chi connectivity index (χ2n) is 10.9. The summed E-state index contributed by atoms with van der Waals surface area (Å²) in [6, 6.07) is 12.1. The fraction of sp³-hybridized carbons (Fsp3) is 0.419. The number of ether oxygens (including phenoxy) is 2. The van der Waals surface area contributed by atoms with E-state index in [4.69, 9.17) is 14.5 Å². The number of hydrogen-bond donors (Lipinski definition) is 1. The number of amides is 1. The van der Waals surface area contributed by atoms with Gasteiger partial charge in [-0.2, -0.15) is 5.10 Å². The summed E-state index contributed by atoms with van der Waals surface area (Å²) in [5.74, 6) is 2.11. The standard InChI is InChI=1S/C31H37N7O3/c1-40-26-13-25(14-27(16-26)41-2)38(19-22-5-6-22)24-7-8-28-29(15-24)35-30(18-33-28)23-17-34-37(20-23)21-31(39)32-9-12-36-10-3-4-11-36/h7-8,13-18,20,22H,3-6,9-12,19,21H2,1-2H3,(H,32,39). The van der Waals surface area contributed by atoms with Gasteiger partial charge in [-0.1, -0.05) is 0 Å². The maximum Gasteiger partial charge on any atom is 0.241 e. The molecule has 2 aromatic carbocycles. The van der Waals surface area contributed by atoms with Crippen LogP contribution in [0.2, 0.25) is 0 Å². The Kier molecular flexibility index (Phi) is 8.00. The SMILES string of the molecule is COc1cc(OC)cc(N(CC2CC2)c2ccc3ncc(-c4cnn(CC(=O)NCCN5CCCC5)c4)nc3c2)c1. The number of likely N-dealkylation sites (tertiary alicyclic amines) is 1. The van der Waals surface area contributed by atoms with Crippen LogP contribution < -0.4 is 19.7 Å². The molecule has 2 aromatic heterocycles. The van der Waals surface area contributed by atoms with Gasteiger partial charge in [0.05, 0.1) is 43.3 Å². The van der Waals surface area contributed by atoms with Gasteiger partial charge in [-0.05, 0) is 62.9 Å². The number of carbonyl (C=O) groups is 1. The van der Waals surface area contributed by atoms with Crippen molar-refractivity contribution < 1.29 is 14.3 Å². The summed E-state index contributed by atoms with van der Waals surface area (Å²) in [6.45, 7) is 4.88. The molecule has 0 atom stereocenters. The third-order valence-corrected chi connectivity index (χ3v) is 7.81. The van der Waals surface area contributed by atoms with Gasteiger partial charge in [0.15, 0.2) is 0 Å². The average Bonchev–Trinajstić information content (AvgIpc) is 3.44. The fourth-order valence-corrected chi connectivity index (χ4v) is 5.32. The van der Waals surface area contributed by atoms with E-state index < -0.39 is 0 Å². The van der Waals surface area contributed by atoms with Crippen molar-refractivity contribution in [3.05, 3.63) is 55.0 Å². The number of hydrogen-bond acceptors (Lipinski definition) is 8. The highest BCUT2D eigenvalue weighted by atomic mass is 16.5. The van der Waals surface area contributed by atoms with E-state index in [9.17, 15) is 4.79 Å². The summed E-state index contributed by atoms with van der Waals surface area (Å²) in [6.07, 6.45) is 10.3. The molecule has 0 bridgehead atoms. The highest BCUT2D eigenvalue weighted by Gasteiger charge is 2.26. The summed E-state index contributed by atoms with van der Waals surface area (Å²) in [5.41, 5.74) is 5.19. The van der Waals surface area contributed by atoms with E-state index >= 15 is 0 Å². The number of fused-ring (bicyclic) bond motifs is 1. The molecule has 1 aliphatic carbocycles. The van der Waals surface area contributed by atoms with E-state index in [1.54, 1.807) is 31.3 Å². The first kappa shape index (κ1) is 27.0. The van der Waals surface area contributed by atoms with Crippen molar-refractivity contribution in [2.45, 2.75) is 32.2 Å². The fourth-order valence-electron chi connectivity index (χ4n) is 5.32. The van der Waals surface area contributed by atoms with Crippen LogP contribution in [-0.2, 0) is 11.3 Å². The van der Waals surface area contributed by atoms with Crippen molar-refractivity contribution in [1.82, 2.24) is 30.0 Å². The van der Waals surface area contributed by atoms with Gasteiger partial charge in [-0.3, -0.25) is 14.5 Å². The van der Waals surface area contributed by atoms with Gasteiger partial charge in [0.2, 0.25) is 5.91 Å². The number of aromatic nitrogens is 4. The van der Waals surface area contributed by atoms with Gasteiger partial charge in [-0.25, -0.2) is 4.98 Å². The zero-order chi connectivity index (χ0) is 28.2. The second-order valence-corrected chi connectivity index (χ2v) is 10.9. The Bertz CT molecular complexity index is 1490. The van der Waals surface area contributed by atoms with Gasteiger partial charge in [-0.15, -0.1) is 0 Å². The Morgan fingerprint density at radius 1 is 1.00 bits per heavy atom. The zero-order valence-electron chi connectivity index (χ0n) is 23.8. The van der Waals surface area contributed by atoms with Crippen molar-refractivity contribution in [2.75, 3.05) is 51.8 Å². The molecule has 2 fully saturated rings. The number of rotatable bonds is 12. The first-order valence-electron chi connectivity index (χ1n) is 14.4. The molecule has 3 heterocycles. The largest absolute Gasteiger partial charge is 0.497 e. The lowest BCUT2D eigenvalue weighted by atomic mass is 10.1. The summed E-state index contributed by atoms with van der Waals surface area (Å²) >= 11 is 0. The monoisotopic (exact) mass is 555 g/mol. The normalized spacial score (nSPS) is 15.3. The molecular formula is C31H37N7O3. The van der Waals surface area contributed by atoms with Crippen molar-refractivity contribution in [3.63, 3.8) is 0 Å². The predicted octanol–water partition coefficient (Wildman–Crippen LogP) is 4.27. The molecule has 1 N–H and O–H groups in total. The van der Waals surface area contributed by atoms with E-state index in [1.165, 1.54) is 25.7 Å². The molecule has 41 heavy (non-hydrogen) atoms. The topological polar surface area (TPSA) is 97.6 Å². The Hall–Kier alpha value is -4.18. The Labute approximate surface area is 240 Å². The highest BCUT2D eigenvalue weighted by Crippen LogP contribution is 2.38. The van der Waals surface area contributed by atoms with Crippen LogP contribution in [0.1, 0.15) is 25.7 Å². The van der Waals surface area contributed by atoms with E-state index in [0.717, 1.165) is 65.6 Å². The second kappa shape index (κ2) is 12.1. The van der Waals surface area contributed by atoms with Gasteiger partial charge in [0.25, 0.3) is 0 Å². The van der Waals surface area contributed by atoms with Crippen LogP contribution in [0.4, 0.5) is 11.4 Å². The average molecular weight is 556 g/mol. The molecular weight excluding hydrogens is 518 g/mol. The molecule has 1 aliphatic heterocycles. The molecule has 0 unspecified atom stereocenters. The Morgan fingerprint density at radius 3 is 2.51 bits per heavy atom. The summed E-state index contributed by atoms with van der Waals surface area (Å²) in [4.78, 5) is 26.7. The van der Waals surface area contributed by atoms with E-state index in [0.29, 0.717) is 18.2 Å². The Balaban J connectivity index is 1.20. The predicted molar refractivity (Wildman–Crippen MR) is 159 cm³/mol. The molecule has 4 aromatic rings. The molecule has 10 nitrogen and oxygen atoms in total. The van der Waals surface area contributed by atoms with Crippen LogP contribution in [-0.4, -0.2) is 77.5 Å². The number of anilines is 2. The maximum absolute atomic E-state index is 12.4. The molecule has 6 rings (SSSR count). The van der Waals surface area contributed by atoms with Crippen molar-refractivity contribution >= 4 is 28.3 Å². The quantitative estimate of drug-likeness (QED) is 0.277. The number of nitrogens with zero attached hydrogens (tertiary/aromatic N) is 6. The first-order chi connectivity index (χ1) is 20.1. The van der Waals surface area contributed by atoms with Crippen LogP contribution in [0.3, 0.4) is 0 Å². The van der Waals surface area contributed by atoms with Gasteiger partial charge in [0, 0.05) is 61.0 Å². The highest BCUT2D eigenvalue weighted by molar-refractivity contribution is 5.83. The first-order valence-corrected chi connectivity index (χ1v) is 14.4. The molecule has 1 saturated carbocycles. The molecule has 0 radical (unpaired) electrons. The number of benzene rings is 2. The van der Waals surface area contributed by atoms with Gasteiger partial charge in [0.1, 0.15) is 18.0 Å². The van der Waals surface area contributed by atoms with E-state index in [-0.39, 0.29) is 12.5 Å². The summed E-state index contributed by atoms with van der Waals surface area (Å²) < 4.78 is 12.7. The lowest BCUT2D eigenvalue weighted by Gasteiger charge is -2.26. The van der Waals surface area contributed by atoms with Crippen LogP contribution in [0, 0.1) is 5.92 Å². The zero-order valence-corrected chi connectivity index (χ0v) is 23.8. The van der Waals surface area contributed by atoms with Crippen molar-refractivity contribution in [1.29, 1.82) is 0 Å². The van der Waals surface area contributed by atoms with Gasteiger partial charge >= 0.3 is 0 Å². The van der Waals surface area contributed by atoms with Crippen molar-refractivity contribution in [3.8, 4) is 22.8 Å². The van der Waals surface area contributed by atoms with Crippen LogP contribution in [0.15, 0.2) is 55.0 Å². The summed E-state index contributed by atoms with van der Waals surface area (Å²) in [5, 5.41) is 7.41. The van der Waals surface area contributed by atoms with Gasteiger partial charge < -0.3 is 24.6 Å². The molecule has 2 aliphatic rings. The third-order valence-electron chi connectivity index (χ3n) is 7.81. The number of methoxy groups -OCH3 is 2. The van der Waals surface area contributed by atoms with Crippen LogP contribution in [0.5, 0.6) is 11.5 Å². The smallest absolute Gasteiger partial charge is 0.241 e. The van der Waals surface area contributed by atoms with E-state index in [2.05, 4.69) is 37.3 Å². The lowest BCUT2D eigenvalue weighted by molar-refractivity contribution is -0.121. The summed E-state index contributed by atoms with van der Waals surface area (Å²) in [7, 11) is 3.34. The maximum atomic E-state index is 12.4. The minimum atomic E-state index is -0.0435. The lowest BCUT2D eigenvalue weighted by Crippen LogP contribution is -2.35. The molecule has 0 spiro atoms. The van der Waals surface area contributed by atoms with Crippen molar-refractivity contribution in [2.24, 2.45) is 5.92 Å². The minimum Gasteiger partial charge on any atom is -0.497 e.